The van der Waals surface area contributed by atoms with Crippen molar-refractivity contribution >= 4 is 5.69 Å². The lowest BCUT2D eigenvalue weighted by atomic mass is 10.1. The van der Waals surface area contributed by atoms with E-state index >= 15 is 0 Å². The van der Waals surface area contributed by atoms with Crippen molar-refractivity contribution in [1.82, 2.24) is 4.57 Å². The number of nitrogen functional groups attached to an aromatic ring is 1. The Hall–Kier alpha value is -1.29. The second-order valence-electron chi connectivity index (χ2n) is 4.99. The summed E-state index contributed by atoms with van der Waals surface area (Å²) < 4.78 is 7.47. The first-order valence-electron chi connectivity index (χ1n) is 5.60. The predicted molar refractivity (Wildman–Crippen MR) is 63.3 cm³/mol. The van der Waals surface area contributed by atoms with Crippen molar-refractivity contribution in [3.05, 3.63) is 28.7 Å². The van der Waals surface area contributed by atoms with Crippen molar-refractivity contribution in [3.8, 4) is 0 Å². The van der Waals surface area contributed by atoms with Gasteiger partial charge in [-0.2, -0.15) is 0 Å². The zero-order chi connectivity index (χ0) is 11.8. The van der Waals surface area contributed by atoms with Crippen LogP contribution in [0.15, 0.2) is 23.1 Å². The largest absolute Gasteiger partial charge is 0.398 e. The molecule has 0 bridgehead atoms. The Morgan fingerprint density at radius 2 is 2.31 bits per heavy atom. The lowest BCUT2D eigenvalue weighted by Crippen LogP contribution is -2.28. The van der Waals surface area contributed by atoms with Crippen LogP contribution < -0.4 is 11.3 Å². The van der Waals surface area contributed by atoms with Gasteiger partial charge in [0, 0.05) is 18.0 Å². The normalized spacial score (nSPS) is 23.5. The Morgan fingerprint density at radius 3 is 2.94 bits per heavy atom. The highest BCUT2D eigenvalue weighted by atomic mass is 16.5. The second-order valence-corrected chi connectivity index (χ2v) is 4.99. The summed E-state index contributed by atoms with van der Waals surface area (Å²) in [5.74, 6) is 0. The summed E-state index contributed by atoms with van der Waals surface area (Å²) in [6.07, 6.45) is 3.83. The van der Waals surface area contributed by atoms with Crippen LogP contribution in [0.1, 0.15) is 26.7 Å². The summed E-state index contributed by atoms with van der Waals surface area (Å²) in [4.78, 5) is 11.6. The number of nitrogens with zero attached hydrogens (tertiary/aromatic N) is 1. The van der Waals surface area contributed by atoms with Crippen LogP contribution in [0.5, 0.6) is 0 Å². The highest BCUT2D eigenvalue weighted by Crippen LogP contribution is 2.29. The first kappa shape index (κ1) is 11.2. The third-order valence-corrected chi connectivity index (χ3v) is 2.96. The molecule has 1 saturated heterocycles. The Morgan fingerprint density at radius 1 is 1.56 bits per heavy atom. The maximum Gasteiger partial charge on any atom is 0.250 e. The molecule has 2 N–H and O–H groups in total. The fourth-order valence-electron chi connectivity index (χ4n) is 2.12. The maximum absolute atomic E-state index is 11.6. The van der Waals surface area contributed by atoms with Crippen LogP contribution >= 0.6 is 0 Å². The molecular weight excluding hydrogens is 204 g/mol. The minimum Gasteiger partial charge on any atom is -0.398 e. The number of pyridine rings is 1. The molecule has 0 aromatic carbocycles. The molecule has 4 nitrogen and oxygen atoms in total. The molecule has 1 aromatic heterocycles. The molecule has 4 heteroatoms. The lowest BCUT2D eigenvalue weighted by Gasteiger charge is -2.19. The van der Waals surface area contributed by atoms with E-state index < -0.39 is 0 Å². The second kappa shape index (κ2) is 3.94. The third kappa shape index (κ3) is 2.44. The fraction of sp³-hybridized carbons (Fsp3) is 0.583. The van der Waals surface area contributed by atoms with Gasteiger partial charge in [-0.25, -0.2) is 0 Å². The van der Waals surface area contributed by atoms with Crippen molar-refractivity contribution in [2.24, 2.45) is 0 Å². The molecule has 1 aliphatic heterocycles. The molecule has 0 radical (unpaired) electrons. The standard InChI is InChI=1S/C12H18N2O2/c1-12(2)6-5-10(16-12)8-14-7-9(13)3-4-11(14)15/h3-4,7,10H,5-6,8,13H2,1-2H3. The van der Waals surface area contributed by atoms with Crippen LogP contribution in [-0.2, 0) is 11.3 Å². The van der Waals surface area contributed by atoms with E-state index in [4.69, 9.17) is 10.5 Å². The highest BCUT2D eigenvalue weighted by molar-refractivity contribution is 5.33. The summed E-state index contributed by atoms with van der Waals surface area (Å²) in [6.45, 7) is 4.75. The fourth-order valence-corrected chi connectivity index (χ4v) is 2.12. The van der Waals surface area contributed by atoms with Gasteiger partial charge in [0.05, 0.1) is 18.2 Å². The van der Waals surface area contributed by atoms with Crippen LogP contribution in [0.3, 0.4) is 0 Å². The molecule has 1 unspecified atom stereocenters. The van der Waals surface area contributed by atoms with Crippen LogP contribution in [0, 0.1) is 0 Å². The minimum atomic E-state index is -0.0609. The molecule has 88 valence electrons. The predicted octanol–water partition coefficient (Wildman–Crippen LogP) is 1.39. The Kier molecular flexibility index (Phi) is 2.76. The first-order valence-corrected chi connectivity index (χ1v) is 5.60. The first-order chi connectivity index (χ1) is 7.46. The number of hydrogen-bond donors (Lipinski definition) is 1. The van der Waals surface area contributed by atoms with Crippen molar-refractivity contribution in [2.75, 3.05) is 5.73 Å². The van der Waals surface area contributed by atoms with Gasteiger partial charge in [-0.05, 0) is 32.8 Å². The van der Waals surface area contributed by atoms with E-state index in [9.17, 15) is 4.79 Å². The maximum atomic E-state index is 11.6. The minimum absolute atomic E-state index is 0.0255. The van der Waals surface area contributed by atoms with E-state index in [1.807, 2.05) is 0 Å². The van der Waals surface area contributed by atoms with Gasteiger partial charge in [0.15, 0.2) is 0 Å². The third-order valence-electron chi connectivity index (χ3n) is 2.96. The molecule has 0 spiro atoms. The van der Waals surface area contributed by atoms with E-state index in [2.05, 4.69) is 13.8 Å². The van der Waals surface area contributed by atoms with Crippen molar-refractivity contribution in [3.63, 3.8) is 0 Å². The quantitative estimate of drug-likeness (QED) is 0.822. The van der Waals surface area contributed by atoms with Gasteiger partial charge in [-0.1, -0.05) is 0 Å². The number of aromatic nitrogens is 1. The number of rotatable bonds is 2. The molecular formula is C12H18N2O2. The van der Waals surface area contributed by atoms with Gasteiger partial charge in [0.25, 0.3) is 5.56 Å². The van der Waals surface area contributed by atoms with Crippen LogP contribution in [-0.4, -0.2) is 16.3 Å². The van der Waals surface area contributed by atoms with Crippen molar-refractivity contribution in [2.45, 2.75) is 44.9 Å². The van der Waals surface area contributed by atoms with Crippen LogP contribution in [0.2, 0.25) is 0 Å². The smallest absolute Gasteiger partial charge is 0.250 e. The molecule has 1 aromatic rings. The van der Waals surface area contributed by atoms with Gasteiger partial charge in [-0.3, -0.25) is 4.79 Å². The number of ether oxygens (including phenoxy) is 1. The summed E-state index contributed by atoms with van der Waals surface area (Å²) in [6, 6.07) is 3.12. The molecule has 2 rings (SSSR count). The topological polar surface area (TPSA) is 57.2 Å². The van der Waals surface area contributed by atoms with Gasteiger partial charge >= 0.3 is 0 Å². The monoisotopic (exact) mass is 222 g/mol. The van der Waals surface area contributed by atoms with E-state index in [1.165, 1.54) is 6.07 Å². The summed E-state index contributed by atoms with van der Waals surface area (Å²) >= 11 is 0. The average molecular weight is 222 g/mol. The van der Waals surface area contributed by atoms with Gasteiger partial charge in [0.2, 0.25) is 0 Å². The number of anilines is 1. The number of nitrogens with two attached hydrogens (primary N) is 1. The summed E-state index contributed by atoms with van der Waals surface area (Å²) in [5.41, 5.74) is 6.18. The Bertz CT molecular complexity index is 437. The molecule has 1 aliphatic rings. The lowest BCUT2D eigenvalue weighted by molar-refractivity contribution is -0.0220. The van der Waals surface area contributed by atoms with E-state index in [1.54, 1.807) is 16.8 Å². The Balaban J connectivity index is 2.10. The number of hydrogen-bond acceptors (Lipinski definition) is 3. The Labute approximate surface area is 95.0 Å². The molecule has 2 heterocycles. The molecule has 0 aliphatic carbocycles. The zero-order valence-electron chi connectivity index (χ0n) is 9.77. The van der Waals surface area contributed by atoms with E-state index in [0.29, 0.717) is 12.2 Å². The summed E-state index contributed by atoms with van der Waals surface area (Å²) in [7, 11) is 0. The molecule has 1 atom stereocenters. The van der Waals surface area contributed by atoms with E-state index in [0.717, 1.165) is 12.8 Å². The van der Waals surface area contributed by atoms with Crippen LogP contribution in [0.4, 0.5) is 5.69 Å². The molecule has 0 amide bonds. The summed E-state index contributed by atoms with van der Waals surface area (Å²) in [5, 5.41) is 0. The zero-order valence-corrected chi connectivity index (χ0v) is 9.77. The van der Waals surface area contributed by atoms with Crippen molar-refractivity contribution < 1.29 is 4.74 Å². The average Bonchev–Trinajstić information content (AvgIpc) is 2.52. The highest BCUT2D eigenvalue weighted by Gasteiger charge is 2.31. The molecule has 1 fully saturated rings. The van der Waals surface area contributed by atoms with Gasteiger partial charge in [0.1, 0.15) is 0 Å². The van der Waals surface area contributed by atoms with Gasteiger partial charge in [-0.15, -0.1) is 0 Å². The van der Waals surface area contributed by atoms with Crippen LogP contribution in [0.25, 0.3) is 0 Å². The van der Waals surface area contributed by atoms with Crippen molar-refractivity contribution in [1.29, 1.82) is 0 Å². The SMILES string of the molecule is CC1(C)CCC(Cn2cc(N)ccc2=O)O1. The molecule has 16 heavy (non-hydrogen) atoms. The van der Waals surface area contributed by atoms with Gasteiger partial charge < -0.3 is 15.0 Å². The van der Waals surface area contributed by atoms with E-state index in [-0.39, 0.29) is 17.3 Å². The molecule has 0 saturated carbocycles.